The van der Waals surface area contributed by atoms with Crippen LogP contribution in [0.5, 0.6) is 0 Å². The minimum absolute atomic E-state index is 0.0136. The standard InChI is InChI=1S/C12H22N4O3S/c1-12(2,3)14-7-10-15-16-11(19-10)13-6-9-4-5-20(17,18)8-9/h9,14H,4-8H2,1-3H3,(H,13,16). The van der Waals surface area contributed by atoms with Gasteiger partial charge in [0.05, 0.1) is 18.1 Å². The summed E-state index contributed by atoms with van der Waals surface area (Å²) >= 11 is 0. The molecule has 0 bridgehead atoms. The molecule has 7 nitrogen and oxygen atoms in total. The van der Waals surface area contributed by atoms with Crippen LogP contribution < -0.4 is 10.6 Å². The van der Waals surface area contributed by atoms with Crippen LogP contribution in [0, 0.1) is 5.92 Å². The molecule has 1 aromatic heterocycles. The lowest BCUT2D eigenvalue weighted by atomic mass is 10.1. The second kappa shape index (κ2) is 5.69. The van der Waals surface area contributed by atoms with Gasteiger partial charge < -0.3 is 15.1 Å². The highest BCUT2D eigenvalue weighted by atomic mass is 32.2. The Balaban J connectivity index is 1.79. The van der Waals surface area contributed by atoms with Crippen molar-refractivity contribution in [1.29, 1.82) is 0 Å². The fraction of sp³-hybridized carbons (Fsp3) is 0.833. The van der Waals surface area contributed by atoms with Gasteiger partial charge in [0, 0.05) is 12.1 Å². The summed E-state index contributed by atoms with van der Waals surface area (Å²) < 4.78 is 28.1. The molecule has 0 spiro atoms. The van der Waals surface area contributed by atoms with E-state index in [1.54, 1.807) is 0 Å². The van der Waals surface area contributed by atoms with Gasteiger partial charge in [0.2, 0.25) is 5.89 Å². The molecule has 1 aliphatic heterocycles. The molecule has 0 amide bonds. The number of sulfone groups is 1. The topological polar surface area (TPSA) is 97.1 Å². The number of hydrogen-bond donors (Lipinski definition) is 2. The molecule has 1 atom stereocenters. The van der Waals surface area contributed by atoms with E-state index in [-0.39, 0.29) is 23.0 Å². The van der Waals surface area contributed by atoms with Crippen LogP contribution in [-0.2, 0) is 16.4 Å². The van der Waals surface area contributed by atoms with Crippen molar-refractivity contribution in [1.82, 2.24) is 15.5 Å². The van der Waals surface area contributed by atoms with Crippen LogP contribution >= 0.6 is 0 Å². The number of rotatable bonds is 5. The van der Waals surface area contributed by atoms with Gasteiger partial charge in [0.1, 0.15) is 0 Å². The van der Waals surface area contributed by atoms with Gasteiger partial charge in [-0.05, 0) is 33.1 Å². The van der Waals surface area contributed by atoms with E-state index in [1.165, 1.54) is 0 Å². The van der Waals surface area contributed by atoms with Gasteiger partial charge in [-0.3, -0.25) is 0 Å². The molecule has 2 rings (SSSR count). The van der Waals surface area contributed by atoms with Gasteiger partial charge in [-0.25, -0.2) is 8.42 Å². The van der Waals surface area contributed by atoms with Crippen molar-refractivity contribution in [3.05, 3.63) is 5.89 Å². The zero-order valence-electron chi connectivity index (χ0n) is 12.1. The van der Waals surface area contributed by atoms with Crippen molar-refractivity contribution in [2.45, 2.75) is 39.3 Å². The fourth-order valence-electron chi connectivity index (χ4n) is 2.00. The maximum atomic E-state index is 11.3. The van der Waals surface area contributed by atoms with E-state index in [9.17, 15) is 8.42 Å². The van der Waals surface area contributed by atoms with Crippen LogP contribution in [-0.4, -0.2) is 42.2 Å². The first-order chi connectivity index (χ1) is 9.23. The summed E-state index contributed by atoms with van der Waals surface area (Å²) in [5.41, 5.74) is -0.0136. The zero-order chi connectivity index (χ0) is 14.8. The largest absolute Gasteiger partial charge is 0.407 e. The number of hydrogen-bond acceptors (Lipinski definition) is 7. The van der Waals surface area contributed by atoms with Gasteiger partial charge in [-0.15, -0.1) is 5.10 Å². The smallest absolute Gasteiger partial charge is 0.315 e. The summed E-state index contributed by atoms with van der Waals surface area (Å²) in [6.07, 6.45) is 0.696. The summed E-state index contributed by atoms with van der Waals surface area (Å²) in [6, 6.07) is 0.347. The molecular weight excluding hydrogens is 280 g/mol. The van der Waals surface area contributed by atoms with Crippen LogP contribution in [0.1, 0.15) is 33.1 Å². The third-order valence-corrected chi connectivity index (χ3v) is 4.94. The van der Waals surface area contributed by atoms with Crippen LogP contribution in [0.25, 0.3) is 0 Å². The molecule has 2 N–H and O–H groups in total. The Morgan fingerprint density at radius 3 is 2.70 bits per heavy atom. The van der Waals surface area contributed by atoms with Crippen LogP contribution in [0.15, 0.2) is 4.42 Å². The Kier molecular flexibility index (Phi) is 4.33. The molecule has 0 aromatic carbocycles. The van der Waals surface area contributed by atoms with E-state index in [2.05, 4.69) is 41.6 Å². The highest BCUT2D eigenvalue weighted by Crippen LogP contribution is 2.19. The van der Waals surface area contributed by atoms with Crippen LogP contribution in [0.4, 0.5) is 6.01 Å². The second-order valence-electron chi connectivity index (χ2n) is 6.25. The molecule has 20 heavy (non-hydrogen) atoms. The summed E-state index contributed by atoms with van der Waals surface area (Å²) in [5.74, 6) is 1.17. The molecule has 0 saturated carbocycles. The van der Waals surface area contributed by atoms with E-state index >= 15 is 0 Å². The number of nitrogens with one attached hydrogen (secondary N) is 2. The van der Waals surface area contributed by atoms with Crippen molar-refractivity contribution in [3.63, 3.8) is 0 Å². The van der Waals surface area contributed by atoms with E-state index in [1.807, 2.05) is 0 Å². The molecule has 1 aromatic rings. The lowest BCUT2D eigenvalue weighted by Gasteiger charge is -2.18. The third kappa shape index (κ3) is 4.75. The molecular formula is C12H22N4O3S. The van der Waals surface area contributed by atoms with Gasteiger partial charge in [0.15, 0.2) is 9.84 Å². The Morgan fingerprint density at radius 1 is 1.35 bits per heavy atom. The maximum absolute atomic E-state index is 11.3. The van der Waals surface area contributed by atoms with Crippen molar-refractivity contribution in [2.75, 3.05) is 23.4 Å². The first kappa shape index (κ1) is 15.2. The minimum Gasteiger partial charge on any atom is -0.407 e. The first-order valence-corrected chi connectivity index (χ1v) is 8.57. The van der Waals surface area contributed by atoms with Crippen molar-refractivity contribution >= 4 is 15.9 Å². The Labute approximate surface area is 119 Å². The summed E-state index contributed by atoms with van der Waals surface area (Å²) in [6.45, 7) is 7.23. The fourth-order valence-corrected chi connectivity index (χ4v) is 3.86. The lowest BCUT2D eigenvalue weighted by molar-refractivity contribution is 0.383. The highest BCUT2D eigenvalue weighted by Gasteiger charge is 2.27. The van der Waals surface area contributed by atoms with Gasteiger partial charge in [0.25, 0.3) is 0 Å². The molecule has 114 valence electrons. The molecule has 8 heteroatoms. The van der Waals surface area contributed by atoms with E-state index in [4.69, 9.17) is 4.42 Å². The predicted molar refractivity (Wildman–Crippen MR) is 76.1 cm³/mol. The monoisotopic (exact) mass is 302 g/mol. The SMILES string of the molecule is CC(C)(C)NCc1nnc(NCC2CCS(=O)(=O)C2)o1. The molecule has 0 aliphatic carbocycles. The van der Waals surface area contributed by atoms with Gasteiger partial charge in [-0.1, -0.05) is 5.10 Å². The molecule has 1 aliphatic rings. The maximum Gasteiger partial charge on any atom is 0.315 e. The predicted octanol–water partition coefficient (Wildman–Crippen LogP) is 0.804. The average molecular weight is 302 g/mol. The second-order valence-corrected chi connectivity index (χ2v) is 8.48. The normalized spacial score (nSPS) is 22.1. The van der Waals surface area contributed by atoms with E-state index in [0.717, 1.165) is 0 Å². The Hall–Kier alpha value is -1.15. The summed E-state index contributed by atoms with van der Waals surface area (Å²) in [4.78, 5) is 0. The molecule has 2 heterocycles. The summed E-state index contributed by atoms with van der Waals surface area (Å²) in [5, 5.41) is 14.1. The van der Waals surface area contributed by atoms with Crippen LogP contribution in [0.3, 0.4) is 0 Å². The third-order valence-electron chi connectivity index (χ3n) is 3.11. The quantitative estimate of drug-likeness (QED) is 0.830. The van der Waals surface area contributed by atoms with Gasteiger partial charge >= 0.3 is 6.01 Å². The number of nitrogens with zero attached hydrogens (tertiary/aromatic N) is 2. The first-order valence-electron chi connectivity index (χ1n) is 6.75. The Morgan fingerprint density at radius 2 is 2.10 bits per heavy atom. The molecule has 1 unspecified atom stereocenters. The Bertz CT molecular complexity index is 547. The van der Waals surface area contributed by atoms with Crippen molar-refractivity contribution < 1.29 is 12.8 Å². The van der Waals surface area contributed by atoms with Crippen LogP contribution in [0.2, 0.25) is 0 Å². The zero-order valence-corrected chi connectivity index (χ0v) is 13.0. The number of anilines is 1. The van der Waals surface area contributed by atoms with E-state index in [0.29, 0.717) is 31.4 Å². The highest BCUT2D eigenvalue weighted by molar-refractivity contribution is 7.91. The average Bonchev–Trinajstić information content (AvgIpc) is 2.89. The minimum atomic E-state index is -2.84. The summed E-state index contributed by atoms with van der Waals surface area (Å²) in [7, 11) is -2.84. The molecule has 1 fully saturated rings. The number of aromatic nitrogens is 2. The van der Waals surface area contributed by atoms with Crippen molar-refractivity contribution in [2.24, 2.45) is 5.92 Å². The van der Waals surface area contributed by atoms with Gasteiger partial charge in [-0.2, -0.15) is 0 Å². The van der Waals surface area contributed by atoms with E-state index < -0.39 is 9.84 Å². The van der Waals surface area contributed by atoms with Crippen molar-refractivity contribution in [3.8, 4) is 0 Å². The molecule has 0 radical (unpaired) electrons. The molecule has 1 saturated heterocycles. The lowest BCUT2D eigenvalue weighted by Crippen LogP contribution is -2.35.